The van der Waals surface area contributed by atoms with Gasteiger partial charge < -0.3 is 15.4 Å². The number of carbonyl (C=O) groups is 2. The molecular formula is C5H11NO5. The molecule has 0 aliphatic carbocycles. The first-order chi connectivity index (χ1) is 4.91. The Hall–Kier alpha value is -1.14. The second-order valence-corrected chi connectivity index (χ2v) is 1.89. The van der Waals surface area contributed by atoms with Crippen molar-refractivity contribution in [1.82, 2.24) is 5.48 Å². The standard InChI is InChI=1S/C3H9NO.C2H2O4/c1-3(2)4-5;3-1(4)2(5)6/h3-5H,1-2H3;(H,3,4)(H,5,6). The summed E-state index contributed by atoms with van der Waals surface area (Å²) in [6.45, 7) is 3.72. The number of rotatable bonds is 1. The summed E-state index contributed by atoms with van der Waals surface area (Å²) in [5.41, 5.74) is 2.03. The molecule has 6 nitrogen and oxygen atoms in total. The van der Waals surface area contributed by atoms with Crippen LogP contribution in [0.1, 0.15) is 13.8 Å². The monoisotopic (exact) mass is 165 g/mol. The number of hydrogen-bond donors (Lipinski definition) is 4. The Labute approximate surface area is 63.4 Å². The third-order valence-electron chi connectivity index (χ3n) is 0.441. The quantitative estimate of drug-likeness (QED) is 0.309. The summed E-state index contributed by atoms with van der Waals surface area (Å²) in [5, 5.41) is 22.7. The number of hydroxylamine groups is 1. The highest BCUT2D eigenvalue weighted by Gasteiger charge is 2.04. The van der Waals surface area contributed by atoms with E-state index in [4.69, 9.17) is 25.0 Å². The van der Waals surface area contributed by atoms with Crippen LogP contribution in [0.25, 0.3) is 0 Å². The van der Waals surface area contributed by atoms with Gasteiger partial charge in [-0.2, -0.15) is 0 Å². The molecule has 0 amide bonds. The lowest BCUT2D eigenvalue weighted by molar-refractivity contribution is -0.159. The van der Waals surface area contributed by atoms with Crippen LogP contribution in [0.4, 0.5) is 0 Å². The average molecular weight is 165 g/mol. The summed E-state index contributed by atoms with van der Waals surface area (Å²) in [5.74, 6) is -3.65. The van der Waals surface area contributed by atoms with Crippen molar-refractivity contribution in [2.45, 2.75) is 19.9 Å². The summed E-state index contributed by atoms with van der Waals surface area (Å²) in [6.07, 6.45) is 0. The molecule has 0 bridgehead atoms. The van der Waals surface area contributed by atoms with Crippen molar-refractivity contribution in [3.8, 4) is 0 Å². The predicted molar refractivity (Wildman–Crippen MR) is 35.3 cm³/mol. The fourth-order valence-corrected chi connectivity index (χ4v) is 0. The predicted octanol–water partition coefficient (Wildman–Crippen LogP) is -0.471. The zero-order valence-corrected chi connectivity index (χ0v) is 6.24. The molecule has 0 spiro atoms. The van der Waals surface area contributed by atoms with Gasteiger partial charge in [0.25, 0.3) is 0 Å². The lowest BCUT2D eigenvalue weighted by Gasteiger charge is -1.93. The van der Waals surface area contributed by atoms with Crippen LogP contribution >= 0.6 is 0 Å². The molecule has 0 aromatic carbocycles. The van der Waals surface area contributed by atoms with Crippen LogP contribution in [0.2, 0.25) is 0 Å². The summed E-state index contributed by atoms with van der Waals surface area (Å²) in [7, 11) is 0. The third-order valence-corrected chi connectivity index (χ3v) is 0.441. The molecule has 0 aromatic heterocycles. The van der Waals surface area contributed by atoms with Gasteiger partial charge in [-0.3, -0.25) is 0 Å². The van der Waals surface area contributed by atoms with Crippen molar-refractivity contribution >= 4 is 11.9 Å². The Kier molecular flexibility index (Phi) is 7.94. The maximum Gasteiger partial charge on any atom is 0.414 e. The highest BCUT2D eigenvalue weighted by atomic mass is 16.5. The Morgan fingerprint density at radius 3 is 1.36 bits per heavy atom. The van der Waals surface area contributed by atoms with Crippen LogP contribution in [-0.2, 0) is 9.59 Å². The SMILES string of the molecule is CC(C)NO.O=C(O)C(=O)O. The van der Waals surface area contributed by atoms with Crippen LogP contribution in [-0.4, -0.2) is 33.4 Å². The third kappa shape index (κ3) is 17.7. The van der Waals surface area contributed by atoms with Gasteiger partial charge in [0.05, 0.1) is 0 Å². The number of hydrogen-bond acceptors (Lipinski definition) is 4. The van der Waals surface area contributed by atoms with Gasteiger partial charge in [0.15, 0.2) is 0 Å². The second kappa shape index (κ2) is 6.97. The van der Waals surface area contributed by atoms with Crippen molar-refractivity contribution < 1.29 is 25.0 Å². The van der Waals surface area contributed by atoms with Gasteiger partial charge in [-0.1, -0.05) is 0 Å². The van der Waals surface area contributed by atoms with Gasteiger partial charge in [-0.15, -0.1) is 0 Å². The molecule has 0 fully saturated rings. The summed E-state index contributed by atoms with van der Waals surface area (Å²) >= 11 is 0. The van der Waals surface area contributed by atoms with Crippen LogP contribution < -0.4 is 5.48 Å². The van der Waals surface area contributed by atoms with E-state index in [1.807, 2.05) is 19.3 Å². The Balaban J connectivity index is 0. The van der Waals surface area contributed by atoms with Crippen molar-refractivity contribution in [3.63, 3.8) is 0 Å². The fourth-order valence-electron chi connectivity index (χ4n) is 0. The molecule has 0 aliphatic rings. The minimum Gasteiger partial charge on any atom is -0.473 e. The van der Waals surface area contributed by atoms with E-state index in [9.17, 15) is 0 Å². The molecule has 66 valence electrons. The van der Waals surface area contributed by atoms with E-state index < -0.39 is 11.9 Å². The average Bonchev–Trinajstić information content (AvgIpc) is 1.89. The first kappa shape index (κ1) is 12.5. The largest absolute Gasteiger partial charge is 0.473 e. The molecule has 0 saturated heterocycles. The summed E-state index contributed by atoms with van der Waals surface area (Å²) in [4.78, 5) is 18.2. The molecule has 0 aliphatic heterocycles. The lowest BCUT2D eigenvalue weighted by Crippen LogP contribution is -2.16. The van der Waals surface area contributed by atoms with Crippen LogP contribution in [0.15, 0.2) is 0 Å². The smallest absolute Gasteiger partial charge is 0.414 e. The second-order valence-electron chi connectivity index (χ2n) is 1.89. The topological polar surface area (TPSA) is 107 Å². The maximum atomic E-state index is 9.10. The molecular weight excluding hydrogens is 154 g/mol. The van der Waals surface area contributed by atoms with Gasteiger partial charge in [-0.25, -0.2) is 15.1 Å². The van der Waals surface area contributed by atoms with E-state index in [-0.39, 0.29) is 6.04 Å². The van der Waals surface area contributed by atoms with E-state index in [0.717, 1.165) is 0 Å². The van der Waals surface area contributed by atoms with Crippen molar-refractivity contribution in [1.29, 1.82) is 0 Å². The van der Waals surface area contributed by atoms with Gasteiger partial charge in [-0.05, 0) is 13.8 Å². The molecule has 0 atom stereocenters. The summed E-state index contributed by atoms with van der Waals surface area (Å²) in [6, 6.07) is 0.190. The Morgan fingerprint density at radius 1 is 1.18 bits per heavy atom. The fraction of sp³-hybridized carbons (Fsp3) is 0.600. The van der Waals surface area contributed by atoms with E-state index in [2.05, 4.69) is 0 Å². The van der Waals surface area contributed by atoms with E-state index >= 15 is 0 Å². The molecule has 0 aromatic rings. The van der Waals surface area contributed by atoms with Gasteiger partial charge in [0.2, 0.25) is 0 Å². The minimum absolute atomic E-state index is 0.190. The van der Waals surface area contributed by atoms with E-state index in [1.165, 1.54) is 0 Å². The van der Waals surface area contributed by atoms with Crippen LogP contribution in [0.5, 0.6) is 0 Å². The van der Waals surface area contributed by atoms with Gasteiger partial charge in [0.1, 0.15) is 0 Å². The van der Waals surface area contributed by atoms with Gasteiger partial charge in [0, 0.05) is 6.04 Å². The zero-order chi connectivity index (χ0) is 9.44. The molecule has 0 saturated carbocycles. The van der Waals surface area contributed by atoms with E-state index in [1.54, 1.807) is 0 Å². The highest BCUT2D eigenvalue weighted by molar-refractivity contribution is 6.27. The van der Waals surface area contributed by atoms with Crippen molar-refractivity contribution in [2.75, 3.05) is 0 Å². The van der Waals surface area contributed by atoms with Crippen LogP contribution in [0.3, 0.4) is 0 Å². The lowest BCUT2D eigenvalue weighted by atomic mass is 10.4. The summed E-state index contributed by atoms with van der Waals surface area (Å²) < 4.78 is 0. The first-order valence-corrected chi connectivity index (χ1v) is 2.77. The molecule has 0 radical (unpaired) electrons. The number of carboxylic acid groups (broad SMARTS) is 2. The van der Waals surface area contributed by atoms with E-state index in [0.29, 0.717) is 0 Å². The molecule has 0 heterocycles. The first-order valence-electron chi connectivity index (χ1n) is 2.77. The molecule has 6 heteroatoms. The molecule has 11 heavy (non-hydrogen) atoms. The Bertz CT molecular complexity index is 121. The number of aliphatic carboxylic acids is 2. The highest BCUT2D eigenvalue weighted by Crippen LogP contribution is 1.66. The minimum atomic E-state index is -1.82. The Morgan fingerprint density at radius 2 is 1.36 bits per heavy atom. The molecule has 0 unspecified atom stereocenters. The van der Waals surface area contributed by atoms with Gasteiger partial charge >= 0.3 is 11.9 Å². The molecule has 4 N–H and O–H groups in total. The van der Waals surface area contributed by atoms with Crippen molar-refractivity contribution in [3.05, 3.63) is 0 Å². The van der Waals surface area contributed by atoms with Crippen molar-refractivity contribution in [2.24, 2.45) is 0 Å². The maximum absolute atomic E-state index is 9.10. The molecule has 0 rings (SSSR count). The zero-order valence-electron chi connectivity index (χ0n) is 6.24. The normalized spacial score (nSPS) is 8.36. The number of nitrogens with one attached hydrogen (secondary N) is 1. The number of carboxylic acids is 2. The van der Waals surface area contributed by atoms with Crippen LogP contribution in [0, 0.1) is 0 Å².